The highest BCUT2D eigenvalue weighted by Crippen LogP contribution is 2.40. The van der Waals surface area contributed by atoms with Crippen molar-refractivity contribution in [3.8, 4) is 0 Å². The Bertz CT molecular complexity index is 580. The normalized spacial score (nSPS) is 17.4. The fraction of sp³-hybridized carbons (Fsp3) is 0.385. The number of aromatic amines is 1. The lowest BCUT2D eigenvalue weighted by Crippen LogP contribution is -2.47. The van der Waals surface area contributed by atoms with Gasteiger partial charge in [-0.1, -0.05) is 6.42 Å². The molecule has 4 N–H and O–H groups in total. The van der Waals surface area contributed by atoms with E-state index in [1.807, 2.05) is 18.2 Å². The number of carbonyl (C=O) groups is 1. The number of rotatable bonds is 3. The van der Waals surface area contributed by atoms with Crippen molar-refractivity contribution in [2.24, 2.45) is 11.1 Å². The zero-order valence-electron chi connectivity index (χ0n) is 10.1. The summed E-state index contributed by atoms with van der Waals surface area (Å²) >= 11 is 0. The van der Waals surface area contributed by atoms with Crippen LogP contribution in [0, 0.1) is 5.41 Å². The first-order valence-electron chi connectivity index (χ1n) is 6.18. The first-order chi connectivity index (χ1) is 8.73. The zero-order chi connectivity index (χ0) is 12.6. The summed E-state index contributed by atoms with van der Waals surface area (Å²) in [7, 11) is 0. The maximum Gasteiger partial charge on any atom is 0.231 e. The summed E-state index contributed by atoms with van der Waals surface area (Å²) in [4.78, 5) is 12.2. The van der Waals surface area contributed by atoms with Crippen LogP contribution in [0.15, 0.2) is 24.4 Å². The van der Waals surface area contributed by atoms with E-state index >= 15 is 0 Å². The van der Waals surface area contributed by atoms with Crippen molar-refractivity contribution in [2.45, 2.75) is 19.3 Å². The maximum absolute atomic E-state index is 12.2. The van der Waals surface area contributed by atoms with Crippen molar-refractivity contribution in [1.29, 1.82) is 0 Å². The van der Waals surface area contributed by atoms with Crippen LogP contribution in [0.25, 0.3) is 10.9 Å². The molecule has 1 fully saturated rings. The molecule has 1 heterocycles. The van der Waals surface area contributed by atoms with E-state index in [0.29, 0.717) is 6.54 Å². The predicted octanol–water partition coefficient (Wildman–Crippen LogP) is 1.63. The average molecular weight is 244 g/mol. The Balaban J connectivity index is 1.81. The summed E-state index contributed by atoms with van der Waals surface area (Å²) in [5, 5.41) is 10.8. The molecule has 0 atom stereocenters. The Morgan fingerprint density at radius 2 is 2.33 bits per heavy atom. The fourth-order valence-electron chi connectivity index (χ4n) is 2.41. The molecule has 0 spiro atoms. The largest absolute Gasteiger partial charge is 0.329 e. The van der Waals surface area contributed by atoms with Gasteiger partial charge >= 0.3 is 0 Å². The number of nitrogens with one attached hydrogen (secondary N) is 2. The molecule has 1 amide bonds. The lowest BCUT2D eigenvalue weighted by molar-refractivity contribution is -0.129. The molecule has 1 aliphatic rings. The summed E-state index contributed by atoms with van der Waals surface area (Å²) in [6.45, 7) is 0.422. The molecule has 18 heavy (non-hydrogen) atoms. The van der Waals surface area contributed by atoms with Crippen molar-refractivity contribution in [1.82, 2.24) is 10.2 Å². The molecule has 1 aromatic carbocycles. The Morgan fingerprint density at radius 3 is 3.00 bits per heavy atom. The molecule has 94 valence electrons. The maximum atomic E-state index is 12.2. The summed E-state index contributed by atoms with van der Waals surface area (Å²) in [5.74, 6) is 0.0371. The van der Waals surface area contributed by atoms with E-state index in [9.17, 15) is 4.79 Å². The van der Waals surface area contributed by atoms with Crippen LogP contribution in [-0.2, 0) is 4.79 Å². The van der Waals surface area contributed by atoms with Crippen LogP contribution < -0.4 is 11.1 Å². The molecule has 5 nitrogen and oxygen atoms in total. The van der Waals surface area contributed by atoms with Crippen molar-refractivity contribution in [2.75, 3.05) is 11.9 Å². The van der Waals surface area contributed by atoms with Crippen molar-refractivity contribution in [3.63, 3.8) is 0 Å². The quantitative estimate of drug-likeness (QED) is 0.767. The Labute approximate surface area is 105 Å². The zero-order valence-corrected chi connectivity index (χ0v) is 10.1. The summed E-state index contributed by atoms with van der Waals surface area (Å²) in [5.41, 5.74) is 7.08. The van der Waals surface area contributed by atoms with Gasteiger partial charge in [0.05, 0.1) is 17.1 Å². The minimum absolute atomic E-state index is 0.0371. The van der Waals surface area contributed by atoms with E-state index in [2.05, 4.69) is 15.5 Å². The molecule has 0 bridgehead atoms. The van der Waals surface area contributed by atoms with Gasteiger partial charge in [-0.25, -0.2) is 0 Å². The second kappa shape index (κ2) is 4.10. The molecule has 1 saturated carbocycles. The number of H-pyrrole nitrogens is 1. The van der Waals surface area contributed by atoms with Crippen LogP contribution in [0.5, 0.6) is 0 Å². The third kappa shape index (κ3) is 1.67. The van der Waals surface area contributed by atoms with Crippen LogP contribution in [0.2, 0.25) is 0 Å². The molecule has 1 aliphatic carbocycles. The van der Waals surface area contributed by atoms with E-state index < -0.39 is 0 Å². The van der Waals surface area contributed by atoms with E-state index in [1.165, 1.54) is 0 Å². The highest BCUT2D eigenvalue weighted by molar-refractivity contribution is 5.97. The highest BCUT2D eigenvalue weighted by atomic mass is 16.2. The lowest BCUT2D eigenvalue weighted by atomic mass is 9.68. The number of carbonyl (C=O) groups excluding carboxylic acids is 1. The first kappa shape index (κ1) is 11.2. The molecule has 0 radical (unpaired) electrons. The summed E-state index contributed by atoms with van der Waals surface area (Å²) < 4.78 is 0. The van der Waals surface area contributed by atoms with Gasteiger partial charge in [0.25, 0.3) is 0 Å². The van der Waals surface area contributed by atoms with Gasteiger partial charge in [0.15, 0.2) is 0 Å². The molecule has 0 saturated heterocycles. The average Bonchev–Trinajstić information content (AvgIpc) is 2.75. The highest BCUT2D eigenvalue weighted by Gasteiger charge is 2.42. The van der Waals surface area contributed by atoms with Gasteiger partial charge in [-0.15, -0.1) is 0 Å². The monoisotopic (exact) mass is 244 g/mol. The van der Waals surface area contributed by atoms with E-state index in [0.717, 1.165) is 35.9 Å². The van der Waals surface area contributed by atoms with Crippen LogP contribution in [0.3, 0.4) is 0 Å². The smallest absolute Gasteiger partial charge is 0.231 e. The van der Waals surface area contributed by atoms with Gasteiger partial charge in [-0.2, -0.15) is 5.10 Å². The second-order valence-electron chi connectivity index (χ2n) is 4.96. The molecule has 5 heteroatoms. The first-order valence-corrected chi connectivity index (χ1v) is 6.18. The van der Waals surface area contributed by atoms with Crippen molar-refractivity contribution < 1.29 is 4.79 Å². The molecule has 3 rings (SSSR count). The number of fused-ring (bicyclic) bond motifs is 1. The molecule has 0 aliphatic heterocycles. The number of aromatic nitrogens is 2. The third-order valence-corrected chi connectivity index (χ3v) is 3.88. The summed E-state index contributed by atoms with van der Waals surface area (Å²) in [6.07, 6.45) is 4.63. The second-order valence-corrected chi connectivity index (χ2v) is 4.96. The number of amides is 1. The van der Waals surface area contributed by atoms with Gasteiger partial charge in [-0.05, 0) is 31.0 Å². The number of anilines is 1. The number of hydrogen-bond donors (Lipinski definition) is 3. The third-order valence-electron chi connectivity index (χ3n) is 3.88. The van der Waals surface area contributed by atoms with Crippen molar-refractivity contribution in [3.05, 3.63) is 24.4 Å². The molecular formula is C13H16N4O. The molecular weight excluding hydrogens is 228 g/mol. The number of benzene rings is 1. The Morgan fingerprint density at radius 1 is 1.50 bits per heavy atom. The minimum Gasteiger partial charge on any atom is -0.329 e. The SMILES string of the molecule is NCC1(C(=O)Nc2ccc3cn[nH]c3c2)CCC1. The van der Waals surface area contributed by atoms with Crippen LogP contribution >= 0.6 is 0 Å². The number of nitrogens with two attached hydrogens (primary N) is 1. The van der Waals surface area contributed by atoms with E-state index in [1.54, 1.807) is 6.20 Å². The van der Waals surface area contributed by atoms with E-state index in [-0.39, 0.29) is 11.3 Å². The van der Waals surface area contributed by atoms with Gasteiger partial charge in [-0.3, -0.25) is 9.89 Å². The topological polar surface area (TPSA) is 83.8 Å². The van der Waals surface area contributed by atoms with Crippen molar-refractivity contribution >= 4 is 22.5 Å². The molecule has 2 aromatic rings. The van der Waals surface area contributed by atoms with Crippen LogP contribution in [-0.4, -0.2) is 22.6 Å². The van der Waals surface area contributed by atoms with Gasteiger partial charge in [0.2, 0.25) is 5.91 Å². The van der Waals surface area contributed by atoms with Crippen LogP contribution in [0.1, 0.15) is 19.3 Å². The molecule has 1 aromatic heterocycles. The fourth-order valence-corrected chi connectivity index (χ4v) is 2.41. The van der Waals surface area contributed by atoms with E-state index in [4.69, 9.17) is 5.73 Å². The minimum atomic E-state index is -0.344. The lowest BCUT2D eigenvalue weighted by Gasteiger charge is -2.39. The van der Waals surface area contributed by atoms with Gasteiger partial charge in [0.1, 0.15) is 0 Å². The molecule has 0 unspecified atom stereocenters. The predicted molar refractivity (Wildman–Crippen MR) is 70.1 cm³/mol. The van der Waals surface area contributed by atoms with Gasteiger partial charge in [0, 0.05) is 17.6 Å². The van der Waals surface area contributed by atoms with Gasteiger partial charge < -0.3 is 11.1 Å². The number of hydrogen-bond acceptors (Lipinski definition) is 3. The van der Waals surface area contributed by atoms with Crippen LogP contribution in [0.4, 0.5) is 5.69 Å². The summed E-state index contributed by atoms with van der Waals surface area (Å²) in [6, 6.07) is 5.71. The standard InChI is InChI=1S/C13H16N4O/c14-8-13(4-1-5-13)12(18)16-10-3-2-9-7-15-17-11(9)6-10/h2-3,6-7H,1,4-5,8,14H2,(H,15,17)(H,16,18). The Hall–Kier alpha value is -1.88. The number of nitrogens with zero attached hydrogens (tertiary/aromatic N) is 1. The Kier molecular flexibility index (Phi) is 2.56.